The van der Waals surface area contributed by atoms with Crippen LogP contribution >= 0.6 is 11.6 Å². The molecule has 140 valence electrons. The van der Waals surface area contributed by atoms with Crippen molar-refractivity contribution in [1.82, 2.24) is 0 Å². The smallest absolute Gasteiger partial charge is 0.161 e. The molecule has 0 saturated heterocycles. The van der Waals surface area contributed by atoms with Gasteiger partial charge in [-0.2, -0.15) is 0 Å². The van der Waals surface area contributed by atoms with Gasteiger partial charge in [0, 0.05) is 21.8 Å². The van der Waals surface area contributed by atoms with E-state index in [1.165, 1.54) is 5.56 Å². The zero-order valence-electron chi connectivity index (χ0n) is 15.6. The molecule has 0 aliphatic carbocycles. The van der Waals surface area contributed by atoms with E-state index in [-0.39, 0.29) is 6.04 Å². The van der Waals surface area contributed by atoms with Crippen LogP contribution in [0.25, 0.3) is 0 Å². The Balaban J connectivity index is 1.72. The number of hydrogen-bond donors (Lipinski definition) is 0. The Labute approximate surface area is 169 Å². The second kappa shape index (κ2) is 6.57. The Kier molecular flexibility index (Phi) is 4.02. The molecule has 3 aromatic rings. The lowest BCUT2D eigenvalue weighted by Crippen LogP contribution is -2.30. The predicted molar refractivity (Wildman–Crippen MR) is 112 cm³/mol. The fourth-order valence-electron chi connectivity index (χ4n) is 4.06. The van der Waals surface area contributed by atoms with E-state index in [0.717, 1.165) is 45.5 Å². The van der Waals surface area contributed by atoms with Crippen LogP contribution in [0.4, 0.5) is 5.69 Å². The highest BCUT2D eigenvalue weighted by Crippen LogP contribution is 2.45. The summed E-state index contributed by atoms with van der Waals surface area (Å²) in [6, 6.07) is 20.4. The van der Waals surface area contributed by atoms with E-state index in [0.29, 0.717) is 5.75 Å². The van der Waals surface area contributed by atoms with E-state index in [1.54, 1.807) is 14.2 Å². The Morgan fingerprint density at radius 2 is 1.71 bits per heavy atom. The molecule has 2 aliphatic rings. The van der Waals surface area contributed by atoms with Gasteiger partial charge in [0.15, 0.2) is 11.5 Å². The normalized spacial score (nSPS) is 16.8. The Morgan fingerprint density at radius 1 is 0.964 bits per heavy atom. The van der Waals surface area contributed by atoms with E-state index >= 15 is 0 Å². The third-order valence-corrected chi connectivity index (χ3v) is 5.61. The number of halogens is 1. The molecule has 0 N–H and O–H groups in total. The summed E-state index contributed by atoms with van der Waals surface area (Å²) in [6.07, 6.45) is 0. The fourth-order valence-corrected chi connectivity index (χ4v) is 4.24. The van der Waals surface area contributed by atoms with Gasteiger partial charge in [-0.05, 0) is 41.5 Å². The van der Waals surface area contributed by atoms with Crippen molar-refractivity contribution in [2.45, 2.75) is 12.6 Å². The van der Waals surface area contributed by atoms with E-state index < -0.39 is 0 Å². The SMILES string of the molecule is COc1cc2c(cc1OC)C1=NC(c3ccccc3)c3cc(Cl)ccc3N1C2. The fraction of sp³-hybridized carbons (Fsp3) is 0.174. The number of fused-ring (bicyclic) bond motifs is 5. The van der Waals surface area contributed by atoms with Gasteiger partial charge < -0.3 is 14.4 Å². The molecule has 5 heteroatoms. The number of benzene rings is 3. The monoisotopic (exact) mass is 390 g/mol. The molecule has 5 rings (SSSR count). The number of nitrogens with zero attached hydrogens (tertiary/aromatic N) is 2. The van der Waals surface area contributed by atoms with Crippen molar-refractivity contribution < 1.29 is 9.47 Å². The van der Waals surface area contributed by atoms with E-state index in [2.05, 4.69) is 23.1 Å². The number of rotatable bonds is 3. The van der Waals surface area contributed by atoms with Crippen LogP contribution < -0.4 is 14.4 Å². The first-order chi connectivity index (χ1) is 13.7. The van der Waals surface area contributed by atoms with Crippen LogP contribution in [0.5, 0.6) is 11.5 Å². The minimum absolute atomic E-state index is 0.0970. The average Bonchev–Trinajstić information content (AvgIpc) is 3.09. The van der Waals surface area contributed by atoms with Crippen LogP contribution in [-0.4, -0.2) is 20.1 Å². The van der Waals surface area contributed by atoms with Crippen LogP contribution in [0.1, 0.15) is 28.3 Å². The molecule has 2 heterocycles. The van der Waals surface area contributed by atoms with Crippen molar-refractivity contribution in [2.24, 2.45) is 4.99 Å². The van der Waals surface area contributed by atoms with Gasteiger partial charge in [0.1, 0.15) is 11.9 Å². The molecule has 28 heavy (non-hydrogen) atoms. The van der Waals surface area contributed by atoms with Gasteiger partial charge in [0.25, 0.3) is 0 Å². The molecular formula is C23H19ClN2O2. The summed E-state index contributed by atoms with van der Waals surface area (Å²) in [5.41, 5.74) is 5.66. The summed E-state index contributed by atoms with van der Waals surface area (Å²) in [4.78, 5) is 7.40. The number of anilines is 1. The minimum atomic E-state index is -0.0970. The number of methoxy groups -OCH3 is 2. The average molecular weight is 391 g/mol. The van der Waals surface area contributed by atoms with E-state index in [9.17, 15) is 0 Å². The van der Waals surface area contributed by atoms with E-state index in [1.807, 2.05) is 42.5 Å². The van der Waals surface area contributed by atoms with Gasteiger partial charge in [-0.25, -0.2) is 0 Å². The highest BCUT2D eigenvalue weighted by molar-refractivity contribution is 6.31. The van der Waals surface area contributed by atoms with Crippen molar-refractivity contribution in [3.8, 4) is 11.5 Å². The molecule has 3 aromatic carbocycles. The highest BCUT2D eigenvalue weighted by Gasteiger charge is 2.35. The zero-order chi connectivity index (χ0) is 19.3. The van der Waals surface area contributed by atoms with Crippen LogP contribution in [-0.2, 0) is 6.54 Å². The first-order valence-electron chi connectivity index (χ1n) is 9.14. The molecule has 0 amide bonds. The van der Waals surface area contributed by atoms with Crippen molar-refractivity contribution in [3.05, 3.63) is 87.9 Å². The highest BCUT2D eigenvalue weighted by atomic mass is 35.5. The number of hydrogen-bond acceptors (Lipinski definition) is 4. The standard InChI is InChI=1S/C23H19ClN2O2/c1-27-20-10-15-13-26-19-9-8-16(24)11-18(19)22(14-6-4-3-5-7-14)25-23(26)17(15)12-21(20)28-2/h3-12,22H,13H2,1-2H3. The van der Waals surface area contributed by atoms with Gasteiger partial charge in [0.05, 0.1) is 20.8 Å². The quantitative estimate of drug-likeness (QED) is 0.614. The van der Waals surface area contributed by atoms with Gasteiger partial charge in [-0.1, -0.05) is 41.9 Å². The maximum Gasteiger partial charge on any atom is 0.161 e. The van der Waals surface area contributed by atoms with Gasteiger partial charge in [0.2, 0.25) is 0 Å². The second-order valence-corrected chi connectivity index (χ2v) is 7.36. The lowest BCUT2D eigenvalue weighted by Gasteiger charge is -2.31. The van der Waals surface area contributed by atoms with Gasteiger partial charge in [-0.3, -0.25) is 4.99 Å². The third-order valence-electron chi connectivity index (χ3n) is 5.38. The summed E-state index contributed by atoms with van der Waals surface area (Å²) in [5, 5.41) is 0.721. The molecule has 1 atom stereocenters. The minimum Gasteiger partial charge on any atom is -0.493 e. The first-order valence-corrected chi connectivity index (χ1v) is 9.52. The topological polar surface area (TPSA) is 34.1 Å². The lowest BCUT2D eigenvalue weighted by molar-refractivity contribution is 0.354. The molecular weight excluding hydrogens is 372 g/mol. The van der Waals surface area contributed by atoms with Gasteiger partial charge in [-0.15, -0.1) is 0 Å². The predicted octanol–water partition coefficient (Wildman–Crippen LogP) is 5.23. The van der Waals surface area contributed by atoms with Crippen LogP contribution in [0, 0.1) is 0 Å². The lowest BCUT2D eigenvalue weighted by atomic mass is 9.95. The molecule has 0 aromatic heterocycles. The maximum absolute atomic E-state index is 6.34. The van der Waals surface area contributed by atoms with Crippen molar-refractivity contribution in [3.63, 3.8) is 0 Å². The molecule has 0 radical (unpaired) electrons. The molecule has 1 unspecified atom stereocenters. The van der Waals surface area contributed by atoms with Crippen molar-refractivity contribution in [1.29, 1.82) is 0 Å². The molecule has 0 fully saturated rings. The number of amidine groups is 1. The van der Waals surface area contributed by atoms with Crippen LogP contribution in [0.2, 0.25) is 5.02 Å². The maximum atomic E-state index is 6.34. The zero-order valence-corrected chi connectivity index (χ0v) is 16.4. The summed E-state index contributed by atoms with van der Waals surface area (Å²) >= 11 is 6.34. The Morgan fingerprint density at radius 3 is 2.46 bits per heavy atom. The number of aliphatic imine (C=N–C) groups is 1. The summed E-state index contributed by atoms with van der Waals surface area (Å²) in [6.45, 7) is 0.741. The molecule has 0 saturated carbocycles. The Bertz CT molecular complexity index is 1100. The molecule has 0 spiro atoms. The number of ether oxygens (including phenoxy) is 2. The summed E-state index contributed by atoms with van der Waals surface area (Å²) < 4.78 is 11.0. The largest absolute Gasteiger partial charge is 0.493 e. The summed E-state index contributed by atoms with van der Waals surface area (Å²) in [7, 11) is 3.32. The third kappa shape index (κ3) is 2.56. The summed E-state index contributed by atoms with van der Waals surface area (Å²) in [5.74, 6) is 2.40. The molecule has 2 aliphatic heterocycles. The van der Waals surface area contributed by atoms with Crippen molar-refractivity contribution in [2.75, 3.05) is 19.1 Å². The molecule has 0 bridgehead atoms. The Hall–Kier alpha value is -2.98. The van der Waals surface area contributed by atoms with Gasteiger partial charge >= 0.3 is 0 Å². The first kappa shape index (κ1) is 17.1. The second-order valence-electron chi connectivity index (χ2n) is 6.92. The van der Waals surface area contributed by atoms with Crippen molar-refractivity contribution >= 4 is 23.1 Å². The van der Waals surface area contributed by atoms with Crippen LogP contribution in [0.3, 0.4) is 0 Å². The van der Waals surface area contributed by atoms with E-state index in [4.69, 9.17) is 26.1 Å². The van der Waals surface area contributed by atoms with Crippen LogP contribution in [0.15, 0.2) is 65.7 Å². The molecule has 4 nitrogen and oxygen atoms in total.